The number of hydrogen-bond acceptors (Lipinski definition) is 4. The molecule has 4 nitrogen and oxygen atoms in total. The first-order valence-corrected chi connectivity index (χ1v) is 9.85. The van der Waals surface area contributed by atoms with E-state index in [-0.39, 0.29) is 5.91 Å². The molecule has 0 spiro atoms. The number of thiophene rings is 1. The highest BCUT2D eigenvalue weighted by atomic mass is 79.9. The summed E-state index contributed by atoms with van der Waals surface area (Å²) in [5.41, 5.74) is 0.456. The summed E-state index contributed by atoms with van der Waals surface area (Å²) < 4.78 is 0.757. The van der Waals surface area contributed by atoms with Gasteiger partial charge in [0, 0.05) is 28.7 Å². The standard InChI is InChI=1S/C18H21BrN2O2S/c1-3-20(4-2)9-10-21-15-7-5-6-14(19)16(15)18(23,17(21)22)13-8-11-24-12-13/h5-8,11-12,23H,3-4,9-10H2,1-2H3. The van der Waals surface area contributed by atoms with Crippen LogP contribution in [0.4, 0.5) is 5.69 Å². The summed E-state index contributed by atoms with van der Waals surface area (Å²) in [7, 11) is 0. The van der Waals surface area contributed by atoms with Crippen molar-refractivity contribution in [3.05, 3.63) is 50.6 Å². The van der Waals surface area contributed by atoms with Gasteiger partial charge in [-0.1, -0.05) is 35.8 Å². The molecule has 1 amide bonds. The molecular formula is C18H21BrN2O2S. The Morgan fingerprint density at radius 2 is 2.04 bits per heavy atom. The second-order valence-corrected chi connectivity index (χ2v) is 7.47. The number of amides is 1. The van der Waals surface area contributed by atoms with Crippen molar-refractivity contribution in [3.8, 4) is 0 Å². The highest BCUT2D eigenvalue weighted by Gasteiger charge is 2.52. The number of anilines is 1. The van der Waals surface area contributed by atoms with Gasteiger partial charge in [-0.2, -0.15) is 11.3 Å². The molecule has 128 valence electrons. The molecule has 1 N–H and O–H groups in total. The van der Waals surface area contributed by atoms with Gasteiger partial charge in [0.2, 0.25) is 0 Å². The third-order valence-corrected chi connectivity index (χ3v) is 6.02. The lowest BCUT2D eigenvalue weighted by Crippen LogP contribution is -2.44. The van der Waals surface area contributed by atoms with Crippen LogP contribution in [0.3, 0.4) is 0 Å². The molecule has 0 saturated heterocycles. The van der Waals surface area contributed by atoms with Crippen molar-refractivity contribution in [2.75, 3.05) is 31.1 Å². The highest BCUT2D eigenvalue weighted by Crippen LogP contribution is 2.48. The summed E-state index contributed by atoms with van der Waals surface area (Å²) in [6.07, 6.45) is 0. The smallest absolute Gasteiger partial charge is 0.268 e. The lowest BCUT2D eigenvalue weighted by molar-refractivity contribution is -0.132. The van der Waals surface area contributed by atoms with E-state index in [0.29, 0.717) is 17.7 Å². The number of carbonyl (C=O) groups is 1. The lowest BCUT2D eigenvalue weighted by atomic mass is 9.89. The van der Waals surface area contributed by atoms with Crippen LogP contribution in [0.15, 0.2) is 39.5 Å². The predicted octanol–water partition coefficient (Wildman–Crippen LogP) is 3.43. The molecule has 1 aliphatic heterocycles. The van der Waals surface area contributed by atoms with E-state index >= 15 is 0 Å². The molecule has 3 rings (SSSR count). The van der Waals surface area contributed by atoms with Gasteiger partial charge in [-0.15, -0.1) is 0 Å². The number of carbonyl (C=O) groups excluding carboxylic acids is 1. The Morgan fingerprint density at radius 1 is 1.29 bits per heavy atom. The number of rotatable bonds is 6. The predicted molar refractivity (Wildman–Crippen MR) is 102 cm³/mol. The normalized spacial score (nSPS) is 20.0. The Labute approximate surface area is 154 Å². The van der Waals surface area contributed by atoms with E-state index in [2.05, 4.69) is 34.7 Å². The molecule has 2 aromatic rings. The number of benzene rings is 1. The van der Waals surface area contributed by atoms with Crippen molar-refractivity contribution in [2.45, 2.75) is 19.4 Å². The summed E-state index contributed by atoms with van der Waals surface area (Å²) in [5, 5.41) is 15.1. The molecule has 1 aliphatic rings. The third-order valence-electron chi connectivity index (χ3n) is 4.67. The van der Waals surface area contributed by atoms with E-state index in [9.17, 15) is 9.90 Å². The van der Waals surface area contributed by atoms with Crippen LogP contribution in [0.1, 0.15) is 25.0 Å². The van der Waals surface area contributed by atoms with Crippen molar-refractivity contribution in [1.82, 2.24) is 4.90 Å². The van der Waals surface area contributed by atoms with Crippen LogP contribution in [0.2, 0.25) is 0 Å². The molecule has 1 atom stereocenters. The van der Waals surface area contributed by atoms with Crippen LogP contribution in [0, 0.1) is 0 Å². The maximum atomic E-state index is 13.2. The summed E-state index contributed by atoms with van der Waals surface area (Å²) in [6.45, 7) is 7.46. The summed E-state index contributed by atoms with van der Waals surface area (Å²) in [6, 6.07) is 7.50. The number of aliphatic hydroxyl groups is 1. The van der Waals surface area contributed by atoms with E-state index < -0.39 is 5.60 Å². The average Bonchev–Trinajstić information content (AvgIpc) is 3.18. The molecule has 6 heteroatoms. The van der Waals surface area contributed by atoms with E-state index in [1.165, 1.54) is 11.3 Å². The second kappa shape index (κ2) is 6.96. The zero-order chi connectivity index (χ0) is 17.3. The van der Waals surface area contributed by atoms with Crippen LogP contribution in [-0.4, -0.2) is 42.1 Å². The van der Waals surface area contributed by atoms with Gasteiger partial charge >= 0.3 is 0 Å². The average molecular weight is 409 g/mol. The van der Waals surface area contributed by atoms with E-state index in [0.717, 1.165) is 29.8 Å². The third kappa shape index (κ3) is 2.71. The molecule has 2 heterocycles. The molecular weight excluding hydrogens is 388 g/mol. The minimum absolute atomic E-state index is 0.269. The van der Waals surface area contributed by atoms with Gasteiger partial charge in [0.15, 0.2) is 5.60 Å². The van der Waals surface area contributed by atoms with Crippen LogP contribution in [0.5, 0.6) is 0 Å². The Hall–Kier alpha value is -1.21. The maximum Gasteiger partial charge on any atom is 0.268 e. The van der Waals surface area contributed by atoms with Crippen LogP contribution in [0.25, 0.3) is 0 Å². The van der Waals surface area contributed by atoms with Crippen LogP contribution < -0.4 is 4.90 Å². The van der Waals surface area contributed by atoms with Crippen LogP contribution in [-0.2, 0) is 10.4 Å². The van der Waals surface area contributed by atoms with E-state index in [1.807, 2.05) is 35.0 Å². The molecule has 0 bridgehead atoms. The molecule has 1 unspecified atom stereocenters. The van der Waals surface area contributed by atoms with Gasteiger partial charge in [0.25, 0.3) is 5.91 Å². The number of halogens is 1. The quantitative estimate of drug-likeness (QED) is 0.795. The fourth-order valence-corrected chi connectivity index (χ4v) is 4.59. The monoisotopic (exact) mass is 408 g/mol. The molecule has 0 saturated carbocycles. The van der Waals surface area contributed by atoms with Crippen molar-refractivity contribution >= 4 is 38.9 Å². The van der Waals surface area contributed by atoms with Gasteiger partial charge in [0.1, 0.15) is 0 Å². The van der Waals surface area contributed by atoms with Gasteiger partial charge in [0.05, 0.1) is 5.69 Å². The molecule has 0 radical (unpaired) electrons. The Morgan fingerprint density at radius 3 is 2.67 bits per heavy atom. The number of likely N-dealkylation sites (N-methyl/N-ethyl adjacent to an activating group) is 1. The largest absolute Gasteiger partial charge is 0.372 e. The van der Waals surface area contributed by atoms with Gasteiger partial charge < -0.3 is 14.9 Å². The Balaban J connectivity index is 2.02. The fraction of sp³-hybridized carbons (Fsp3) is 0.389. The van der Waals surface area contributed by atoms with Gasteiger partial charge in [-0.05, 0) is 42.0 Å². The summed E-state index contributed by atoms with van der Waals surface area (Å²) in [4.78, 5) is 17.2. The molecule has 1 aromatic heterocycles. The molecule has 24 heavy (non-hydrogen) atoms. The van der Waals surface area contributed by atoms with Crippen molar-refractivity contribution in [2.24, 2.45) is 0 Å². The topological polar surface area (TPSA) is 43.8 Å². The maximum absolute atomic E-state index is 13.2. The van der Waals surface area contributed by atoms with E-state index in [4.69, 9.17) is 0 Å². The first kappa shape index (κ1) is 17.6. The van der Waals surface area contributed by atoms with Crippen LogP contribution >= 0.6 is 27.3 Å². The second-order valence-electron chi connectivity index (χ2n) is 5.84. The highest BCUT2D eigenvalue weighted by molar-refractivity contribution is 9.10. The zero-order valence-corrected chi connectivity index (χ0v) is 16.2. The zero-order valence-electron chi connectivity index (χ0n) is 13.8. The lowest BCUT2D eigenvalue weighted by Gasteiger charge is -2.25. The first-order chi connectivity index (χ1) is 11.5. The molecule has 1 aromatic carbocycles. The first-order valence-electron chi connectivity index (χ1n) is 8.12. The van der Waals surface area contributed by atoms with Gasteiger partial charge in [-0.25, -0.2) is 0 Å². The van der Waals surface area contributed by atoms with Crippen molar-refractivity contribution in [1.29, 1.82) is 0 Å². The van der Waals surface area contributed by atoms with Crippen molar-refractivity contribution in [3.63, 3.8) is 0 Å². The summed E-state index contributed by atoms with van der Waals surface area (Å²) >= 11 is 5.00. The van der Waals surface area contributed by atoms with Gasteiger partial charge in [-0.3, -0.25) is 4.79 Å². The SMILES string of the molecule is CCN(CC)CCN1C(=O)C(O)(c2ccsc2)c2c(Br)cccc21. The molecule has 0 fully saturated rings. The minimum Gasteiger partial charge on any atom is -0.372 e. The van der Waals surface area contributed by atoms with E-state index in [1.54, 1.807) is 4.90 Å². The molecule has 0 aliphatic carbocycles. The minimum atomic E-state index is -1.61. The fourth-order valence-electron chi connectivity index (χ4n) is 3.25. The Bertz CT molecular complexity index is 731. The Kier molecular flexibility index (Phi) is 5.11. The van der Waals surface area contributed by atoms with Crippen molar-refractivity contribution < 1.29 is 9.90 Å². The number of fused-ring (bicyclic) bond motifs is 1. The number of hydrogen-bond donors (Lipinski definition) is 1. The number of nitrogens with zero attached hydrogens (tertiary/aromatic N) is 2. The summed E-state index contributed by atoms with van der Waals surface area (Å²) in [5.74, 6) is -0.269.